The van der Waals surface area contributed by atoms with Gasteiger partial charge in [0.2, 0.25) is 0 Å². The molecule has 1 unspecified atom stereocenters. The number of fused-ring (bicyclic) bond motifs is 1. The number of nitrogens with one attached hydrogen (secondary N) is 1. The van der Waals surface area contributed by atoms with Crippen LogP contribution in [0.4, 0.5) is 23.2 Å². The molecule has 0 aliphatic rings. The normalized spacial score (nSPS) is 13.7. The van der Waals surface area contributed by atoms with Crippen molar-refractivity contribution in [2.75, 3.05) is 19.0 Å². The number of ether oxygens (including phenoxy) is 1. The van der Waals surface area contributed by atoms with Crippen molar-refractivity contribution in [2.24, 2.45) is 0 Å². The number of carboxylic acid groups (broad SMARTS) is 1. The van der Waals surface area contributed by atoms with Crippen molar-refractivity contribution in [3.8, 4) is 11.4 Å². The Bertz CT molecular complexity index is 1550. The molecular weight excluding hydrogens is 530 g/mol. The van der Waals surface area contributed by atoms with Crippen LogP contribution in [0.1, 0.15) is 41.8 Å². The van der Waals surface area contributed by atoms with E-state index in [1.165, 1.54) is 45.4 Å². The summed E-state index contributed by atoms with van der Waals surface area (Å²) in [4.78, 5) is 11.2. The highest BCUT2D eigenvalue weighted by Gasteiger charge is 2.56. The molecular formula is C29H29F4N3O4. The van der Waals surface area contributed by atoms with Gasteiger partial charge in [0.05, 0.1) is 36.6 Å². The fourth-order valence-electron chi connectivity index (χ4n) is 4.90. The van der Waals surface area contributed by atoms with E-state index < -0.39 is 41.9 Å². The van der Waals surface area contributed by atoms with Crippen molar-refractivity contribution in [2.45, 2.75) is 44.4 Å². The Morgan fingerprint density at radius 3 is 2.35 bits per heavy atom. The number of anilines is 1. The number of methoxy groups -OCH3 is 1. The van der Waals surface area contributed by atoms with E-state index in [1.807, 2.05) is 0 Å². The molecule has 1 heterocycles. The number of nitrogens with zero attached hydrogens (tertiary/aromatic N) is 2. The summed E-state index contributed by atoms with van der Waals surface area (Å²) in [5.74, 6) is -1.49. The number of halogens is 4. The van der Waals surface area contributed by atoms with Crippen LogP contribution in [0.5, 0.6) is 5.75 Å². The fourth-order valence-corrected chi connectivity index (χ4v) is 4.90. The molecule has 0 fully saturated rings. The lowest BCUT2D eigenvalue weighted by Gasteiger charge is -2.38. The molecule has 7 nitrogen and oxygen atoms in total. The third kappa shape index (κ3) is 5.60. The van der Waals surface area contributed by atoms with Crippen LogP contribution in [0.15, 0.2) is 60.8 Å². The van der Waals surface area contributed by atoms with Gasteiger partial charge in [0.15, 0.2) is 5.60 Å². The first kappa shape index (κ1) is 28.9. The first-order valence-corrected chi connectivity index (χ1v) is 12.3. The second kappa shape index (κ2) is 10.5. The average Bonchev–Trinajstić information content (AvgIpc) is 3.30. The Morgan fingerprint density at radius 2 is 1.75 bits per heavy atom. The standard InChI is InChI=1S/C29H29F4N3O4/c1-17-11-23(21-14-35-36(24(21)12-17)20-8-5-18(6-9-20)26(37)38)34-16-28(39,29(31,32)33)15-27(2,3)22-13-19(30)7-10-25(22)40-4/h5-14,34,39H,15-16H2,1-4H3,(H,37,38). The van der Waals surface area contributed by atoms with Crippen LogP contribution in [-0.2, 0) is 5.41 Å². The first-order valence-electron chi connectivity index (χ1n) is 12.3. The van der Waals surface area contributed by atoms with Gasteiger partial charge in [-0.3, -0.25) is 0 Å². The molecule has 0 bridgehead atoms. The first-order chi connectivity index (χ1) is 18.6. The number of aliphatic hydroxyl groups is 1. The van der Waals surface area contributed by atoms with Gasteiger partial charge in [0.25, 0.3) is 0 Å². The smallest absolute Gasteiger partial charge is 0.418 e. The zero-order valence-corrected chi connectivity index (χ0v) is 22.3. The van der Waals surface area contributed by atoms with Crippen molar-refractivity contribution >= 4 is 22.6 Å². The minimum atomic E-state index is -5.02. The second-order valence-corrected chi connectivity index (χ2v) is 10.4. The largest absolute Gasteiger partial charge is 0.496 e. The summed E-state index contributed by atoms with van der Waals surface area (Å²) in [6.07, 6.45) is -4.31. The minimum Gasteiger partial charge on any atom is -0.496 e. The Labute approximate surface area is 228 Å². The number of carbonyl (C=O) groups is 1. The maximum absolute atomic E-state index is 14.4. The zero-order chi connectivity index (χ0) is 29.5. The van der Waals surface area contributed by atoms with Crippen molar-refractivity contribution in [3.05, 3.63) is 83.3 Å². The molecule has 4 rings (SSSR count). The molecule has 3 N–H and O–H groups in total. The highest BCUT2D eigenvalue weighted by Crippen LogP contribution is 2.44. The molecule has 1 atom stereocenters. The van der Waals surface area contributed by atoms with E-state index in [0.717, 1.165) is 17.7 Å². The molecule has 0 radical (unpaired) electrons. The predicted molar refractivity (Wildman–Crippen MR) is 143 cm³/mol. The van der Waals surface area contributed by atoms with Crippen molar-refractivity contribution in [3.63, 3.8) is 0 Å². The van der Waals surface area contributed by atoms with Crippen LogP contribution in [-0.4, -0.2) is 51.4 Å². The molecule has 4 aromatic rings. The summed E-state index contributed by atoms with van der Waals surface area (Å²) in [5.41, 5.74) is -2.03. The number of alkyl halides is 3. The number of hydrogen-bond donors (Lipinski definition) is 3. The number of rotatable bonds is 9. The molecule has 3 aromatic carbocycles. The van der Waals surface area contributed by atoms with Gasteiger partial charge in [-0.2, -0.15) is 18.3 Å². The fraction of sp³-hybridized carbons (Fsp3) is 0.310. The Hall–Kier alpha value is -4.12. The summed E-state index contributed by atoms with van der Waals surface area (Å²) in [7, 11) is 1.34. The van der Waals surface area contributed by atoms with Crippen molar-refractivity contribution < 1.29 is 37.3 Å². The van der Waals surface area contributed by atoms with E-state index >= 15 is 0 Å². The average molecular weight is 560 g/mol. The zero-order valence-electron chi connectivity index (χ0n) is 22.3. The van der Waals surface area contributed by atoms with E-state index in [2.05, 4.69) is 10.4 Å². The van der Waals surface area contributed by atoms with Gasteiger partial charge < -0.3 is 20.3 Å². The second-order valence-electron chi connectivity index (χ2n) is 10.4. The lowest BCUT2D eigenvalue weighted by molar-refractivity contribution is -0.260. The van der Waals surface area contributed by atoms with Gasteiger partial charge in [-0.05, 0) is 78.9 Å². The van der Waals surface area contributed by atoms with E-state index in [0.29, 0.717) is 22.3 Å². The van der Waals surface area contributed by atoms with Crippen LogP contribution < -0.4 is 10.1 Å². The summed E-state index contributed by atoms with van der Waals surface area (Å²) in [6.45, 7) is 3.87. The van der Waals surface area contributed by atoms with Gasteiger partial charge in [0.1, 0.15) is 11.6 Å². The quantitative estimate of drug-likeness (QED) is 0.210. The maximum atomic E-state index is 14.4. The monoisotopic (exact) mass is 559 g/mol. The van der Waals surface area contributed by atoms with E-state index in [1.54, 1.807) is 35.9 Å². The maximum Gasteiger partial charge on any atom is 0.418 e. The van der Waals surface area contributed by atoms with Crippen molar-refractivity contribution in [1.82, 2.24) is 9.78 Å². The van der Waals surface area contributed by atoms with Gasteiger partial charge in [-0.15, -0.1) is 0 Å². The summed E-state index contributed by atoms with van der Waals surface area (Å²) in [5, 5.41) is 27.8. The number of aromatic carboxylic acids is 1. The Balaban J connectivity index is 1.67. The van der Waals surface area contributed by atoms with Crippen LogP contribution in [0, 0.1) is 12.7 Å². The summed E-state index contributed by atoms with van der Waals surface area (Å²) in [6, 6.07) is 13.1. The third-order valence-electron chi connectivity index (χ3n) is 6.92. The lowest BCUT2D eigenvalue weighted by atomic mass is 9.74. The molecule has 1 aromatic heterocycles. The molecule has 40 heavy (non-hydrogen) atoms. The molecule has 0 spiro atoms. The number of aryl methyl sites for hydroxylation is 1. The third-order valence-corrected chi connectivity index (χ3v) is 6.92. The van der Waals surface area contributed by atoms with E-state index in [4.69, 9.17) is 9.84 Å². The SMILES string of the molecule is COc1ccc(F)cc1C(C)(C)CC(O)(CNc1cc(C)cc2c1cnn2-c1ccc(C(=O)O)cc1)C(F)(F)F. The lowest BCUT2D eigenvalue weighted by Crippen LogP contribution is -2.53. The summed E-state index contributed by atoms with van der Waals surface area (Å²) >= 11 is 0. The predicted octanol–water partition coefficient (Wildman–Crippen LogP) is 6.25. The molecule has 11 heteroatoms. The summed E-state index contributed by atoms with van der Waals surface area (Å²) < 4.78 is 63.9. The molecule has 0 aliphatic heterocycles. The van der Waals surface area contributed by atoms with Crippen molar-refractivity contribution in [1.29, 1.82) is 0 Å². The van der Waals surface area contributed by atoms with Crippen LogP contribution in [0.3, 0.4) is 0 Å². The molecule has 0 amide bonds. The number of aromatic nitrogens is 2. The highest BCUT2D eigenvalue weighted by molar-refractivity contribution is 5.93. The van der Waals surface area contributed by atoms with Crippen LogP contribution in [0.2, 0.25) is 0 Å². The Kier molecular flexibility index (Phi) is 7.55. The van der Waals surface area contributed by atoms with Crippen LogP contribution in [0.25, 0.3) is 16.6 Å². The Morgan fingerprint density at radius 1 is 1.07 bits per heavy atom. The molecule has 0 aliphatic carbocycles. The number of carboxylic acids is 1. The van der Waals surface area contributed by atoms with Gasteiger partial charge in [0, 0.05) is 16.6 Å². The molecule has 0 saturated heterocycles. The molecule has 0 saturated carbocycles. The number of benzene rings is 3. The molecule has 212 valence electrons. The topological polar surface area (TPSA) is 96.6 Å². The van der Waals surface area contributed by atoms with Crippen LogP contribution >= 0.6 is 0 Å². The van der Waals surface area contributed by atoms with E-state index in [9.17, 15) is 27.5 Å². The van der Waals surface area contributed by atoms with Gasteiger partial charge in [-0.1, -0.05) is 13.8 Å². The minimum absolute atomic E-state index is 0.101. The highest BCUT2D eigenvalue weighted by atomic mass is 19.4. The van der Waals surface area contributed by atoms with Gasteiger partial charge in [-0.25, -0.2) is 13.9 Å². The van der Waals surface area contributed by atoms with Gasteiger partial charge >= 0.3 is 12.1 Å². The van der Waals surface area contributed by atoms with E-state index in [-0.39, 0.29) is 16.9 Å². The number of hydrogen-bond acceptors (Lipinski definition) is 5.